The van der Waals surface area contributed by atoms with Gasteiger partial charge in [0.15, 0.2) is 11.6 Å². The predicted molar refractivity (Wildman–Crippen MR) is 147 cm³/mol. The van der Waals surface area contributed by atoms with E-state index in [1.54, 1.807) is 36.5 Å². The molecule has 1 saturated heterocycles. The first-order chi connectivity index (χ1) is 18.5. The van der Waals surface area contributed by atoms with Gasteiger partial charge in [0.05, 0.1) is 30.5 Å². The summed E-state index contributed by atoms with van der Waals surface area (Å²) in [6.07, 6.45) is 1.69. The Labute approximate surface area is 225 Å². The summed E-state index contributed by atoms with van der Waals surface area (Å²) in [6, 6.07) is 22.0. The van der Waals surface area contributed by atoms with Crippen LogP contribution in [0, 0.1) is 17.1 Å². The highest BCUT2D eigenvalue weighted by Gasteiger charge is 2.20. The van der Waals surface area contributed by atoms with Crippen LogP contribution >= 0.6 is 11.9 Å². The molecule has 38 heavy (non-hydrogen) atoms. The first-order valence-corrected chi connectivity index (χ1v) is 13.0. The van der Waals surface area contributed by atoms with Crippen molar-refractivity contribution in [3.63, 3.8) is 0 Å². The molecule has 1 aromatic heterocycles. The van der Waals surface area contributed by atoms with E-state index in [2.05, 4.69) is 39.9 Å². The number of hydrogen-bond donors (Lipinski definition) is 2. The Bertz CT molecular complexity index is 1490. The van der Waals surface area contributed by atoms with Gasteiger partial charge >= 0.3 is 0 Å². The van der Waals surface area contributed by atoms with E-state index in [0.717, 1.165) is 16.0 Å². The maximum Gasteiger partial charge on any atom is 0.223 e. The van der Waals surface area contributed by atoms with E-state index >= 15 is 4.39 Å². The largest absolute Gasteiger partial charge is 0.454 e. The summed E-state index contributed by atoms with van der Waals surface area (Å²) in [5.74, 6) is 0.855. The zero-order valence-electron chi connectivity index (χ0n) is 20.9. The van der Waals surface area contributed by atoms with Crippen molar-refractivity contribution in [2.45, 2.75) is 30.7 Å². The summed E-state index contributed by atoms with van der Waals surface area (Å²) < 4.78 is 29.6. The number of hydrogen-bond acceptors (Lipinski definition) is 8. The number of halogens is 1. The lowest BCUT2D eigenvalue weighted by atomic mass is 9.99. The Balaban J connectivity index is 1.39. The van der Waals surface area contributed by atoms with Crippen molar-refractivity contribution in [3.8, 4) is 28.8 Å². The van der Waals surface area contributed by atoms with E-state index in [1.165, 1.54) is 18.0 Å². The van der Waals surface area contributed by atoms with Gasteiger partial charge in [0.25, 0.3) is 0 Å². The van der Waals surface area contributed by atoms with Gasteiger partial charge in [-0.2, -0.15) is 5.26 Å². The maximum absolute atomic E-state index is 15.2. The van der Waals surface area contributed by atoms with Crippen molar-refractivity contribution >= 4 is 23.6 Å². The molecule has 1 fully saturated rings. The molecule has 0 radical (unpaired) electrons. The van der Waals surface area contributed by atoms with Gasteiger partial charge in [0, 0.05) is 28.4 Å². The van der Waals surface area contributed by atoms with E-state index < -0.39 is 5.82 Å². The van der Waals surface area contributed by atoms with Crippen LogP contribution in [0.2, 0.25) is 0 Å². The molecule has 0 spiro atoms. The number of rotatable bonds is 9. The van der Waals surface area contributed by atoms with Crippen molar-refractivity contribution < 1.29 is 13.9 Å². The van der Waals surface area contributed by atoms with Crippen LogP contribution in [0.15, 0.2) is 77.8 Å². The molecule has 5 rings (SSSR count). The van der Waals surface area contributed by atoms with Crippen LogP contribution in [0.3, 0.4) is 0 Å². The van der Waals surface area contributed by atoms with Gasteiger partial charge in [-0.05, 0) is 65.9 Å². The average Bonchev–Trinajstić information content (AvgIpc) is 2.91. The van der Waals surface area contributed by atoms with E-state index in [1.807, 2.05) is 30.3 Å². The Morgan fingerprint density at radius 2 is 1.92 bits per heavy atom. The third-order valence-electron chi connectivity index (χ3n) is 6.01. The minimum Gasteiger partial charge on any atom is -0.454 e. The fourth-order valence-corrected chi connectivity index (χ4v) is 4.53. The molecule has 2 N–H and O–H groups in total. The molecule has 9 heteroatoms. The van der Waals surface area contributed by atoms with Crippen LogP contribution in [-0.4, -0.2) is 29.2 Å². The normalized spacial score (nSPS) is 13.0. The fraction of sp³-hybridized carbons (Fsp3) is 0.207. The Kier molecular flexibility index (Phi) is 7.73. The second kappa shape index (κ2) is 11.5. The van der Waals surface area contributed by atoms with E-state index in [-0.39, 0.29) is 17.7 Å². The topological polar surface area (TPSA) is 92.1 Å². The number of nitrogens with one attached hydrogen (secondary N) is 2. The van der Waals surface area contributed by atoms with Gasteiger partial charge in [-0.3, -0.25) is 0 Å². The molecule has 0 aliphatic carbocycles. The highest BCUT2D eigenvalue weighted by Crippen LogP contribution is 2.37. The van der Waals surface area contributed by atoms with Crippen LogP contribution in [0.1, 0.15) is 30.9 Å². The SMILES string of the molecule is CC(C)c1ccc(-c2ccnc(NC3COC3)n2)c(Oc2ccc(NSc3ccccc3C#N)cc2F)c1. The van der Waals surface area contributed by atoms with E-state index in [0.29, 0.717) is 41.9 Å². The summed E-state index contributed by atoms with van der Waals surface area (Å²) in [6.45, 7) is 5.43. The van der Waals surface area contributed by atoms with Gasteiger partial charge in [0.2, 0.25) is 5.95 Å². The highest BCUT2D eigenvalue weighted by molar-refractivity contribution is 8.00. The lowest BCUT2D eigenvalue weighted by molar-refractivity contribution is 0.0208. The molecule has 7 nitrogen and oxygen atoms in total. The molecule has 1 aliphatic heterocycles. The molecular formula is C29H26FN5O2S. The van der Waals surface area contributed by atoms with Crippen LogP contribution in [0.25, 0.3) is 11.3 Å². The highest BCUT2D eigenvalue weighted by atomic mass is 32.2. The number of benzene rings is 3. The van der Waals surface area contributed by atoms with Gasteiger partial charge in [-0.25, -0.2) is 14.4 Å². The Morgan fingerprint density at radius 3 is 2.66 bits per heavy atom. The fourth-order valence-electron chi connectivity index (χ4n) is 3.80. The van der Waals surface area contributed by atoms with E-state index in [9.17, 15) is 5.26 Å². The molecule has 0 bridgehead atoms. The number of anilines is 2. The zero-order chi connectivity index (χ0) is 26.5. The standard InChI is InChI=1S/C29H26FN5O2S/c1-18(2)19-7-9-23(25-11-12-32-29(34-25)33-22-16-36-17-22)27(13-19)37-26-10-8-21(14-24(26)30)35-38-28-6-4-3-5-20(28)15-31/h3-14,18,22,35H,16-17H2,1-2H3,(H,32,33,34). The average molecular weight is 528 g/mol. The summed E-state index contributed by atoms with van der Waals surface area (Å²) >= 11 is 1.25. The zero-order valence-corrected chi connectivity index (χ0v) is 21.8. The van der Waals surface area contributed by atoms with Crippen molar-refractivity contribution in [3.05, 3.63) is 89.9 Å². The van der Waals surface area contributed by atoms with E-state index in [4.69, 9.17) is 9.47 Å². The smallest absolute Gasteiger partial charge is 0.223 e. The molecule has 0 unspecified atom stereocenters. The number of ether oxygens (including phenoxy) is 2. The summed E-state index contributed by atoms with van der Waals surface area (Å²) in [5, 5.41) is 12.5. The minimum absolute atomic E-state index is 0.0964. The molecule has 3 aromatic carbocycles. The van der Waals surface area contributed by atoms with Gasteiger partial charge in [0.1, 0.15) is 11.8 Å². The quantitative estimate of drug-likeness (QED) is 0.225. The summed E-state index contributed by atoms with van der Waals surface area (Å²) in [7, 11) is 0. The molecule has 2 heterocycles. The van der Waals surface area contributed by atoms with Gasteiger partial charge in [-0.15, -0.1) is 0 Å². The predicted octanol–water partition coefficient (Wildman–Crippen LogP) is 7.00. The lowest BCUT2D eigenvalue weighted by Gasteiger charge is -2.26. The van der Waals surface area contributed by atoms with Crippen molar-refractivity contribution in [2.24, 2.45) is 0 Å². The molecule has 0 amide bonds. The third-order valence-corrected chi connectivity index (χ3v) is 6.93. The van der Waals surface area contributed by atoms with Gasteiger partial charge in [-0.1, -0.05) is 32.0 Å². The molecular weight excluding hydrogens is 501 g/mol. The maximum atomic E-state index is 15.2. The van der Waals surface area contributed by atoms with Crippen molar-refractivity contribution in [2.75, 3.05) is 23.3 Å². The van der Waals surface area contributed by atoms with Crippen LogP contribution < -0.4 is 14.8 Å². The summed E-state index contributed by atoms with van der Waals surface area (Å²) in [4.78, 5) is 9.73. The molecule has 4 aromatic rings. The van der Waals surface area contributed by atoms with Crippen molar-refractivity contribution in [1.29, 1.82) is 5.26 Å². The first-order valence-electron chi connectivity index (χ1n) is 12.2. The van der Waals surface area contributed by atoms with Crippen molar-refractivity contribution in [1.82, 2.24) is 9.97 Å². The Hall–Kier alpha value is -4.13. The minimum atomic E-state index is -0.514. The van der Waals surface area contributed by atoms with Gasteiger partial charge < -0.3 is 19.5 Å². The van der Waals surface area contributed by atoms with Crippen LogP contribution in [0.5, 0.6) is 11.5 Å². The first kappa shape index (κ1) is 25.5. The second-order valence-electron chi connectivity index (χ2n) is 9.11. The monoisotopic (exact) mass is 527 g/mol. The molecule has 192 valence electrons. The summed E-state index contributed by atoms with van der Waals surface area (Å²) in [5.41, 5.74) is 3.56. The Morgan fingerprint density at radius 1 is 1.08 bits per heavy atom. The molecule has 0 saturated carbocycles. The van der Waals surface area contributed by atoms with Crippen LogP contribution in [0.4, 0.5) is 16.0 Å². The third kappa shape index (κ3) is 5.88. The number of nitrogens with zero attached hydrogens (tertiary/aromatic N) is 3. The molecule has 0 atom stereocenters. The van der Waals surface area contributed by atoms with Crippen LogP contribution in [-0.2, 0) is 4.74 Å². The lowest BCUT2D eigenvalue weighted by Crippen LogP contribution is -2.40. The molecule has 1 aliphatic rings. The number of nitriles is 1. The number of aromatic nitrogens is 2. The second-order valence-corrected chi connectivity index (χ2v) is 9.96.